The topological polar surface area (TPSA) is 72.2 Å². The van der Waals surface area contributed by atoms with Crippen molar-refractivity contribution in [3.8, 4) is 11.4 Å². The standard InChI is InChI=1S/C19H13F2N5OS/c20-13-4-6-15(7-5-13)22-17(27)11-28-18-9-8-16-23-24-19(26(16)25-18)12-2-1-3-14(21)10-12/h1-10H,11H2,(H,22,27). The van der Waals surface area contributed by atoms with Crippen molar-refractivity contribution in [3.05, 3.63) is 72.3 Å². The lowest BCUT2D eigenvalue weighted by Crippen LogP contribution is -2.14. The quantitative estimate of drug-likeness (QED) is 0.519. The fourth-order valence-electron chi connectivity index (χ4n) is 2.53. The summed E-state index contributed by atoms with van der Waals surface area (Å²) in [4.78, 5) is 12.1. The molecule has 0 atom stereocenters. The van der Waals surface area contributed by atoms with Gasteiger partial charge >= 0.3 is 0 Å². The van der Waals surface area contributed by atoms with E-state index >= 15 is 0 Å². The molecule has 0 aliphatic rings. The van der Waals surface area contributed by atoms with Crippen molar-refractivity contribution in [2.45, 2.75) is 5.03 Å². The second-order valence-electron chi connectivity index (χ2n) is 5.82. The minimum atomic E-state index is -0.378. The Morgan fingerprint density at radius 2 is 1.82 bits per heavy atom. The number of hydrogen-bond acceptors (Lipinski definition) is 5. The van der Waals surface area contributed by atoms with E-state index in [2.05, 4.69) is 20.6 Å². The zero-order chi connectivity index (χ0) is 19.5. The van der Waals surface area contributed by atoms with Gasteiger partial charge in [-0.2, -0.15) is 9.61 Å². The Morgan fingerprint density at radius 3 is 2.61 bits per heavy atom. The van der Waals surface area contributed by atoms with E-state index in [1.54, 1.807) is 24.3 Å². The molecule has 6 nitrogen and oxygen atoms in total. The van der Waals surface area contributed by atoms with E-state index in [0.29, 0.717) is 27.7 Å². The van der Waals surface area contributed by atoms with Crippen LogP contribution in [0.2, 0.25) is 0 Å². The molecule has 1 N–H and O–H groups in total. The van der Waals surface area contributed by atoms with Crippen LogP contribution in [0.15, 0.2) is 65.7 Å². The maximum absolute atomic E-state index is 13.5. The Kier molecular flexibility index (Phi) is 4.98. The molecular weight excluding hydrogens is 384 g/mol. The highest BCUT2D eigenvalue weighted by atomic mass is 32.2. The van der Waals surface area contributed by atoms with Gasteiger partial charge in [-0.15, -0.1) is 10.2 Å². The van der Waals surface area contributed by atoms with E-state index in [-0.39, 0.29) is 23.3 Å². The highest BCUT2D eigenvalue weighted by Gasteiger charge is 2.12. The number of carbonyl (C=O) groups excluding carboxylic acids is 1. The van der Waals surface area contributed by atoms with Gasteiger partial charge in [0.15, 0.2) is 11.5 Å². The second kappa shape index (κ2) is 7.73. The van der Waals surface area contributed by atoms with Crippen LogP contribution in [-0.2, 0) is 4.79 Å². The summed E-state index contributed by atoms with van der Waals surface area (Å²) in [7, 11) is 0. The number of amides is 1. The van der Waals surface area contributed by atoms with Gasteiger partial charge in [-0.1, -0.05) is 23.9 Å². The van der Waals surface area contributed by atoms with Gasteiger partial charge in [-0.25, -0.2) is 8.78 Å². The molecule has 28 heavy (non-hydrogen) atoms. The molecule has 2 heterocycles. The van der Waals surface area contributed by atoms with Crippen LogP contribution < -0.4 is 5.32 Å². The molecule has 140 valence electrons. The van der Waals surface area contributed by atoms with Crippen LogP contribution in [0.25, 0.3) is 17.0 Å². The van der Waals surface area contributed by atoms with Gasteiger partial charge in [-0.05, 0) is 48.5 Å². The molecule has 2 aromatic heterocycles. The smallest absolute Gasteiger partial charge is 0.234 e. The van der Waals surface area contributed by atoms with Gasteiger partial charge in [0.2, 0.25) is 5.91 Å². The molecule has 4 aromatic rings. The number of nitrogens with zero attached hydrogens (tertiary/aromatic N) is 4. The van der Waals surface area contributed by atoms with Crippen LogP contribution in [-0.4, -0.2) is 31.5 Å². The van der Waals surface area contributed by atoms with Crippen LogP contribution >= 0.6 is 11.8 Å². The zero-order valence-corrected chi connectivity index (χ0v) is 15.2. The predicted octanol–water partition coefficient (Wildman–Crippen LogP) is 3.80. The Labute approximate surface area is 162 Å². The minimum Gasteiger partial charge on any atom is -0.325 e. The number of anilines is 1. The predicted molar refractivity (Wildman–Crippen MR) is 102 cm³/mol. The maximum Gasteiger partial charge on any atom is 0.234 e. The van der Waals surface area contributed by atoms with E-state index in [4.69, 9.17) is 0 Å². The van der Waals surface area contributed by atoms with Crippen molar-refractivity contribution < 1.29 is 13.6 Å². The first-order valence-electron chi connectivity index (χ1n) is 8.25. The normalized spacial score (nSPS) is 10.9. The van der Waals surface area contributed by atoms with E-state index in [1.165, 1.54) is 52.7 Å². The number of fused-ring (bicyclic) bond motifs is 1. The molecular formula is C19H13F2N5OS. The highest BCUT2D eigenvalue weighted by molar-refractivity contribution is 7.99. The minimum absolute atomic E-state index is 0.118. The molecule has 0 fully saturated rings. The molecule has 0 saturated heterocycles. The molecule has 0 radical (unpaired) electrons. The summed E-state index contributed by atoms with van der Waals surface area (Å²) in [6, 6.07) is 15.0. The average Bonchev–Trinajstić information content (AvgIpc) is 3.11. The molecule has 0 saturated carbocycles. The summed E-state index contributed by atoms with van der Waals surface area (Å²) >= 11 is 1.23. The molecule has 4 rings (SSSR count). The molecule has 0 spiro atoms. The average molecular weight is 397 g/mol. The van der Waals surface area contributed by atoms with Crippen molar-refractivity contribution in [2.24, 2.45) is 0 Å². The molecule has 0 bridgehead atoms. The zero-order valence-electron chi connectivity index (χ0n) is 14.3. The van der Waals surface area contributed by atoms with E-state index < -0.39 is 0 Å². The lowest BCUT2D eigenvalue weighted by molar-refractivity contribution is -0.113. The number of nitrogens with one attached hydrogen (secondary N) is 1. The Bertz CT molecular complexity index is 1150. The van der Waals surface area contributed by atoms with Crippen molar-refractivity contribution in [3.63, 3.8) is 0 Å². The first-order chi connectivity index (χ1) is 13.6. The Morgan fingerprint density at radius 1 is 1.00 bits per heavy atom. The summed E-state index contributed by atoms with van der Waals surface area (Å²) in [5.41, 5.74) is 1.58. The first-order valence-corrected chi connectivity index (χ1v) is 9.24. The lowest BCUT2D eigenvalue weighted by atomic mass is 10.2. The largest absolute Gasteiger partial charge is 0.325 e. The summed E-state index contributed by atoms with van der Waals surface area (Å²) in [6.45, 7) is 0. The van der Waals surface area contributed by atoms with E-state index in [1.807, 2.05) is 0 Å². The fourth-order valence-corrected chi connectivity index (χ4v) is 3.18. The summed E-state index contributed by atoms with van der Waals surface area (Å²) in [5, 5.41) is 15.8. The molecule has 9 heteroatoms. The number of thioether (sulfide) groups is 1. The fraction of sp³-hybridized carbons (Fsp3) is 0.0526. The van der Waals surface area contributed by atoms with Crippen LogP contribution in [0.1, 0.15) is 0 Å². The Balaban J connectivity index is 1.49. The number of hydrogen-bond donors (Lipinski definition) is 1. The third-order valence-electron chi connectivity index (χ3n) is 3.80. The second-order valence-corrected chi connectivity index (χ2v) is 6.81. The third-order valence-corrected chi connectivity index (χ3v) is 4.72. The van der Waals surface area contributed by atoms with Crippen LogP contribution in [0.4, 0.5) is 14.5 Å². The van der Waals surface area contributed by atoms with Gasteiger partial charge in [0.25, 0.3) is 0 Å². The third kappa shape index (κ3) is 3.99. The van der Waals surface area contributed by atoms with Crippen molar-refractivity contribution in [1.82, 2.24) is 19.8 Å². The monoisotopic (exact) mass is 397 g/mol. The van der Waals surface area contributed by atoms with Crippen molar-refractivity contribution in [2.75, 3.05) is 11.1 Å². The SMILES string of the molecule is O=C(CSc1ccc2nnc(-c3cccc(F)c3)n2n1)Nc1ccc(F)cc1. The molecule has 2 aromatic carbocycles. The maximum atomic E-state index is 13.5. The first kappa shape index (κ1) is 18.1. The highest BCUT2D eigenvalue weighted by Crippen LogP contribution is 2.21. The van der Waals surface area contributed by atoms with Crippen molar-refractivity contribution in [1.29, 1.82) is 0 Å². The lowest BCUT2D eigenvalue weighted by Gasteiger charge is -2.05. The van der Waals surface area contributed by atoms with Gasteiger partial charge in [-0.3, -0.25) is 4.79 Å². The molecule has 0 unspecified atom stereocenters. The number of carbonyl (C=O) groups is 1. The summed E-state index contributed by atoms with van der Waals surface area (Å²) in [5.74, 6) is -0.460. The van der Waals surface area contributed by atoms with E-state index in [9.17, 15) is 13.6 Å². The van der Waals surface area contributed by atoms with Gasteiger partial charge in [0.05, 0.1) is 5.75 Å². The van der Waals surface area contributed by atoms with Crippen LogP contribution in [0.3, 0.4) is 0 Å². The van der Waals surface area contributed by atoms with Gasteiger partial charge in [0.1, 0.15) is 16.7 Å². The Hall–Kier alpha value is -3.33. The number of benzene rings is 2. The van der Waals surface area contributed by atoms with Crippen LogP contribution in [0.5, 0.6) is 0 Å². The molecule has 0 aliphatic carbocycles. The summed E-state index contributed by atoms with van der Waals surface area (Å²) in [6.07, 6.45) is 0. The summed E-state index contributed by atoms with van der Waals surface area (Å²) < 4.78 is 27.9. The van der Waals surface area contributed by atoms with Gasteiger partial charge in [0, 0.05) is 11.3 Å². The molecule has 1 amide bonds. The molecule has 0 aliphatic heterocycles. The number of halogens is 2. The van der Waals surface area contributed by atoms with Crippen LogP contribution in [0, 0.1) is 11.6 Å². The number of rotatable bonds is 5. The van der Waals surface area contributed by atoms with Crippen molar-refractivity contribution >= 4 is 29.0 Å². The van der Waals surface area contributed by atoms with E-state index in [0.717, 1.165) is 0 Å². The van der Waals surface area contributed by atoms with Gasteiger partial charge < -0.3 is 5.32 Å². The number of aromatic nitrogens is 4.